The molecule has 0 radical (unpaired) electrons. The summed E-state index contributed by atoms with van der Waals surface area (Å²) < 4.78 is 1.71. The van der Waals surface area contributed by atoms with Crippen molar-refractivity contribution in [2.45, 2.75) is 27.3 Å². The maximum absolute atomic E-state index is 4.49. The molecule has 7 heteroatoms. The van der Waals surface area contributed by atoms with Gasteiger partial charge in [0.1, 0.15) is 5.82 Å². The Hall–Kier alpha value is -2.28. The zero-order valence-corrected chi connectivity index (χ0v) is 13.0. The van der Waals surface area contributed by atoms with Crippen LogP contribution < -0.4 is 5.32 Å². The van der Waals surface area contributed by atoms with Crippen LogP contribution in [0.25, 0.3) is 5.82 Å². The highest BCUT2D eigenvalue weighted by atomic mass is 32.1. The molecule has 0 atom stereocenters. The van der Waals surface area contributed by atoms with E-state index >= 15 is 0 Å². The van der Waals surface area contributed by atoms with Gasteiger partial charge < -0.3 is 5.32 Å². The molecule has 0 aliphatic carbocycles. The largest absolute Gasteiger partial charge is 0.363 e. The second-order valence-corrected chi connectivity index (χ2v) is 6.18. The zero-order chi connectivity index (χ0) is 14.8. The summed E-state index contributed by atoms with van der Waals surface area (Å²) >= 11 is 1.71. The van der Waals surface area contributed by atoms with Gasteiger partial charge in [0.25, 0.3) is 0 Å². The number of hydrogen-bond donors (Lipinski definition) is 1. The van der Waals surface area contributed by atoms with E-state index in [2.05, 4.69) is 32.5 Å². The zero-order valence-electron chi connectivity index (χ0n) is 12.2. The van der Waals surface area contributed by atoms with Crippen LogP contribution in [0.3, 0.4) is 0 Å². The molecule has 0 fully saturated rings. The average Bonchev–Trinajstić information content (AvgIpc) is 3.03. The summed E-state index contributed by atoms with van der Waals surface area (Å²) in [5.74, 6) is 1.43. The number of aromatic nitrogens is 5. The smallest absolute Gasteiger partial charge is 0.175 e. The summed E-state index contributed by atoms with van der Waals surface area (Å²) in [5, 5.41) is 17.0. The lowest BCUT2D eigenvalue weighted by atomic mass is 10.3. The van der Waals surface area contributed by atoms with Crippen molar-refractivity contribution in [1.82, 2.24) is 25.0 Å². The average molecular weight is 300 g/mol. The van der Waals surface area contributed by atoms with Gasteiger partial charge in [-0.15, -0.1) is 21.5 Å². The number of nitrogens with zero attached hydrogens (tertiary/aromatic N) is 5. The molecule has 3 aromatic heterocycles. The van der Waals surface area contributed by atoms with Gasteiger partial charge in [-0.1, -0.05) is 0 Å². The third-order valence-electron chi connectivity index (χ3n) is 3.04. The SMILES string of the molecule is Cc1ccn(-c2ccc(NCc3nc(C)sc3C)nn2)n1. The van der Waals surface area contributed by atoms with E-state index in [1.807, 2.05) is 38.2 Å². The first-order chi connectivity index (χ1) is 10.1. The van der Waals surface area contributed by atoms with Crippen LogP contribution in [0.5, 0.6) is 0 Å². The van der Waals surface area contributed by atoms with Crippen molar-refractivity contribution in [1.29, 1.82) is 0 Å². The quantitative estimate of drug-likeness (QED) is 0.802. The fourth-order valence-corrected chi connectivity index (χ4v) is 2.83. The highest BCUT2D eigenvalue weighted by Gasteiger charge is 2.06. The minimum atomic E-state index is 0.658. The van der Waals surface area contributed by atoms with Crippen LogP contribution in [-0.4, -0.2) is 25.0 Å². The molecular formula is C14H16N6S. The molecule has 0 saturated carbocycles. The molecule has 3 rings (SSSR count). The predicted molar refractivity (Wildman–Crippen MR) is 82.8 cm³/mol. The maximum Gasteiger partial charge on any atom is 0.175 e. The summed E-state index contributed by atoms with van der Waals surface area (Å²) in [6.07, 6.45) is 1.87. The number of nitrogens with one attached hydrogen (secondary N) is 1. The standard InChI is InChI=1S/C14H16N6S/c1-9-6-7-20(19-9)14-5-4-13(17-18-14)15-8-12-10(2)21-11(3)16-12/h4-7H,8H2,1-3H3,(H,15,17). The minimum Gasteiger partial charge on any atom is -0.363 e. The van der Waals surface area contributed by atoms with Crippen LogP contribution >= 0.6 is 11.3 Å². The van der Waals surface area contributed by atoms with Gasteiger partial charge in [0.05, 0.1) is 22.9 Å². The number of rotatable bonds is 4. The first-order valence-electron chi connectivity index (χ1n) is 6.65. The van der Waals surface area contributed by atoms with Crippen LogP contribution in [-0.2, 0) is 6.54 Å². The number of hydrogen-bond acceptors (Lipinski definition) is 6. The first-order valence-corrected chi connectivity index (χ1v) is 7.46. The van der Waals surface area contributed by atoms with Gasteiger partial charge >= 0.3 is 0 Å². The summed E-state index contributed by atoms with van der Waals surface area (Å²) in [6, 6.07) is 5.72. The summed E-state index contributed by atoms with van der Waals surface area (Å²) in [6.45, 7) is 6.70. The first kappa shape index (κ1) is 13.7. The van der Waals surface area contributed by atoms with Crippen molar-refractivity contribution in [3.63, 3.8) is 0 Å². The highest BCUT2D eigenvalue weighted by molar-refractivity contribution is 7.11. The van der Waals surface area contributed by atoms with Crippen molar-refractivity contribution in [3.05, 3.63) is 45.7 Å². The molecule has 3 heterocycles. The highest BCUT2D eigenvalue weighted by Crippen LogP contribution is 2.17. The molecule has 6 nitrogen and oxygen atoms in total. The maximum atomic E-state index is 4.49. The Morgan fingerprint density at radius 2 is 2.00 bits per heavy atom. The van der Waals surface area contributed by atoms with Gasteiger partial charge in [-0.3, -0.25) is 0 Å². The van der Waals surface area contributed by atoms with Crippen molar-refractivity contribution < 1.29 is 0 Å². The summed E-state index contributed by atoms with van der Waals surface area (Å²) in [4.78, 5) is 5.72. The molecule has 3 aromatic rings. The third-order valence-corrected chi connectivity index (χ3v) is 3.97. The van der Waals surface area contributed by atoms with Crippen LogP contribution in [0, 0.1) is 20.8 Å². The predicted octanol–water partition coefficient (Wildman–Crippen LogP) is 2.66. The van der Waals surface area contributed by atoms with Crippen LogP contribution in [0.2, 0.25) is 0 Å². The Morgan fingerprint density at radius 3 is 2.57 bits per heavy atom. The fourth-order valence-electron chi connectivity index (χ4n) is 1.99. The van der Waals surface area contributed by atoms with Crippen molar-refractivity contribution >= 4 is 17.2 Å². The van der Waals surface area contributed by atoms with Gasteiger partial charge in [-0.2, -0.15) is 5.10 Å². The topological polar surface area (TPSA) is 68.5 Å². The van der Waals surface area contributed by atoms with E-state index in [1.54, 1.807) is 16.0 Å². The van der Waals surface area contributed by atoms with Crippen LogP contribution in [0.4, 0.5) is 5.82 Å². The Kier molecular flexibility index (Phi) is 3.66. The van der Waals surface area contributed by atoms with Gasteiger partial charge in [0, 0.05) is 11.1 Å². The molecule has 0 saturated heterocycles. The molecule has 0 amide bonds. The molecule has 21 heavy (non-hydrogen) atoms. The summed E-state index contributed by atoms with van der Waals surface area (Å²) in [5.41, 5.74) is 2.01. The van der Waals surface area contributed by atoms with Gasteiger partial charge in [-0.25, -0.2) is 9.67 Å². The van der Waals surface area contributed by atoms with Crippen LogP contribution in [0.1, 0.15) is 21.3 Å². The molecule has 1 N–H and O–H groups in total. The molecule has 0 aromatic carbocycles. The van der Waals surface area contributed by atoms with E-state index in [0.29, 0.717) is 12.4 Å². The van der Waals surface area contributed by atoms with Gasteiger partial charge in [-0.05, 0) is 39.0 Å². The lowest BCUT2D eigenvalue weighted by molar-refractivity contribution is 0.803. The molecule has 108 valence electrons. The number of thiazole rings is 1. The molecule has 0 aliphatic heterocycles. The van der Waals surface area contributed by atoms with E-state index in [9.17, 15) is 0 Å². The van der Waals surface area contributed by atoms with Gasteiger partial charge in [0.2, 0.25) is 0 Å². The minimum absolute atomic E-state index is 0.658. The number of aryl methyl sites for hydroxylation is 3. The lowest BCUT2D eigenvalue weighted by Crippen LogP contribution is -2.06. The van der Waals surface area contributed by atoms with E-state index in [1.165, 1.54) is 4.88 Å². The monoisotopic (exact) mass is 300 g/mol. The summed E-state index contributed by atoms with van der Waals surface area (Å²) in [7, 11) is 0. The second kappa shape index (κ2) is 5.61. The van der Waals surface area contributed by atoms with Gasteiger partial charge in [0.15, 0.2) is 5.82 Å². The van der Waals surface area contributed by atoms with E-state index in [-0.39, 0.29) is 0 Å². The molecule has 0 bridgehead atoms. The van der Waals surface area contributed by atoms with E-state index < -0.39 is 0 Å². The molecule has 0 spiro atoms. The molecule has 0 aliphatic rings. The fraction of sp³-hybridized carbons (Fsp3) is 0.286. The van der Waals surface area contributed by atoms with E-state index in [4.69, 9.17) is 0 Å². The second-order valence-electron chi connectivity index (χ2n) is 4.77. The lowest BCUT2D eigenvalue weighted by Gasteiger charge is -2.05. The number of anilines is 1. The Bertz CT molecular complexity index is 743. The Labute approximate surface area is 126 Å². The van der Waals surface area contributed by atoms with Crippen molar-refractivity contribution in [2.75, 3.05) is 5.32 Å². The Balaban J connectivity index is 1.68. The van der Waals surface area contributed by atoms with E-state index in [0.717, 1.165) is 22.2 Å². The van der Waals surface area contributed by atoms with Crippen LogP contribution in [0.15, 0.2) is 24.4 Å². The van der Waals surface area contributed by atoms with Crippen molar-refractivity contribution in [3.8, 4) is 5.82 Å². The Morgan fingerprint density at radius 1 is 1.14 bits per heavy atom. The molecule has 0 unspecified atom stereocenters. The third kappa shape index (κ3) is 3.08. The normalized spacial score (nSPS) is 10.8. The molecular weight excluding hydrogens is 284 g/mol. The van der Waals surface area contributed by atoms with Crippen molar-refractivity contribution in [2.24, 2.45) is 0 Å².